The monoisotopic (exact) mass is 223 g/mol. The summed E-state index contributed by atoms with van der Waals surface area (Å²) in [6.45, 7) is 1.96. The van der Waals surface area contributed by atoms with E-state index >= 15 is 0 Å². The highest BCUT2D eigenvalue weighted by atomic mass is 16.5. The van der Waals surface area contributed by atoms with E-state index < -0.39 is 18.0 Å². The molecule has 0 radical (unpaired) electrons. The molecule has 1 rings (SSSR count). The first kappa shape index (κ1) is 12.2. The van der Waals surface area contributed by atoms with Crippen molar-refractivity contribution in [1.82, 2.24) is 0 Å². The fraction of sp³-hybridized carbons (Fsp3) is 0.273. The smallest absolute Gasteiger partial charge is 0.335 e. The molecule has 0 heterocycles. The van der Waals surface area contributed by atoms with Crippen molar-refractivity contribution in [2.24, 2.45) is 5.73 Å². The van der Waals surface area contributed by atoms with Gasteiger partial charge in [0.15, 0.2) is 0 Å². The van der Waals surface area contributed by atoms with E-state index in [1.165, 1.54) is 24.3 Å². The molecule has 1 aromatic rings. The number of aromatic carboxylic acids is 1. The SMILES string of the molecule is CCOC(=O)C(N)c1ccc(C(=O)O)cc1. The molecule has 5 heteroatoms. The first-order valence-corrected chi connectivity index (χ1v) is 4.81. The molecule has 0 saturated carbocycles. The second-order valence-electron chi connectivity index (χ2n) is 3.16. The van der Waals surface area contributed by atoms with E-state index in [-0.39, 0.29) is 12.2 Å². The molecule has 16 heavy (non-hydrogen) atoms. The Kier molecular flexibility index (Phi) is 4.02. The van der Waals surface area contributed by atoms with Crippen molar-refractivity contribution in [3.8, 4) is 0 Å². The minimum atomic E-state index is -1.02. The highest BCUT2D eigenvalue weighted by Crippen LogP contribution is 2.13. The lowest BCUT2D eigenvalue weighted by atomic mass is 10.1. The van der Waals surface area contributed by atoms with Crippen molar-refractivity contribution >= 4 is 11.9 Å². The van der Waals surface area contributed by atoms with Gasteiger partial charge in [-0.2, -0.15) is 0 Å². The minimum absolute atomic E-state index is 0.153. The summed E-state index contributed by atoms with van der Waals surface area (Å²) in [6, 6.07) is 4.94. The lowest BCUT2D eigenvalue weighted by molar-refractivity contribution is -0.144. The summed E-state index contributed by atoms with van der Waals surface area (Å²) in [6.07, 6.45) is 0. The van der Waals surface area contributed by atoms with Gasteiger partial charge in [-0.05, 0) is 24.6 Å². The van der Waals surface area contributed by atoms with E-state index in [2.05, 4.69) is 0 Å². The Morgan fingerprint density at radius 2 is 1.94 bits per heavy atom. The Hall–Kier alpha value is -1.88. The number of carboxylic acids is 1. The molecule has 0 aliphatic carbocycles. The quantitative estimate of drug-likeness (QED) is 0.741. The number of hydrogen-bond acceptors (Lipinski definition) is 4. The molecule has 0 aliphatic heterocycles. The molecule has 0 saturated heterocycles. The largest absolute Gasteiger partial charge is 0.478 e. The summed E-state index contributed by atoms with van der Waals surface area (Å²) < 4.78 is 4.76. The van der Waals surface area contributed by atoms with Crippen LogP contribution in [0.3, 0.4) is 0 Å². The second kappa shape index (κ2) is 5.27. The molecule has 0 amide bonds. The van der Waals surface area contributed by atoms with Crippen molar-refractivity contribution in [3.63, 3.8) is 0 Å². The molecule has 0 aromatic heterocycles. The van der Waals surface area contributed by atoms with E-state index in [1.807, 2.05) is 0 Å². The van der Waals surface area contributed by atoms with Gasteiger partial charge in [0.25, 0.3) is 0 Å². The Bertz CT molecular complexity index is 385. The molecule has 86 valence electrons. The maximum Gasteiger partial charge on any atom is 0.335 e. The summed E-state index contributed by atoms with van der Waals surface area (Å²) in [5, 5.41) is 8.68. The molecule has 1 aromatic carbocycles. The number of rotatable bonds is 4. The average Bonchev–Trinajstić information content (AvgIpc) is 2.28. The van der Waals surface area contributed by atoms with Crippen molar-refractivity contribution in [3.05, 3.63) is 35.4 Å². The third-order valence-electron chi connectivity index (χ3n) is 2.06. The van der Waals surface area contributed by atoms with Gasteiger partial charge in [0.05, 0.1) is 12.2 Å². The van der Waals surface area contributed by atoms with Crippen molar-refractivity contribution < 1.29 is 19.4 Å². The third kappa shape index (κ3) is 2.80. The van der Waals surface area contributed by atoms with E-state index in [1.54, 1.807) is 6.92 Å². The van der Waals surface area contributed by atoms with Gasteiger partial charge in [0.1, 0.15) is 6.04 Å². The van der Waals surface area contributed by atoms with Crippen LogP contribution >= 0.6 is 0 Å². The van der Waals surface area contributed by atoms with Gasteiger partial charge in [-0.3, -0.25) is 0 Å². The summed E-state index contributed by atoms with van der Waals surface area (Å²) in [5.74, 6) is -1.54. The normalized spacial score (nSPS) is 11.9. The Labute approximate surface area is 92.8 Å². The van der Waals surface area contributed by atoms with E-state index in [0.29, 0.717) is 5.56 Å². The standard InChI is InChI=1S/C11H13NO4/c1-2-16-11(15)9(12)7-3-5-8(6-4-7)10(13)14/h3-6,9H,2,12H2,1H3,(H,13,14). The number of ether oxygens (including phenoxy) is 1. The Morgan fingerprint density at radius 3 is 2.38 bits per heavy atom. The number of esters is 1. The van der Waals surface area contributed by atoms with Gasteiger partial charge in [-0.1, -0.05) is 12.1 Å². The number of benzene rings is 1. The summed E-state index contributed by atoms with van der Waals surface area (Å²) in [4.78, 5) is 21.9. The van der Waals surface area contributed by atoms with Crippen LogP contribution in [0, 0.1) is 0 Å². The van der Waals surface area contributed by atoms with Gasteiger partial charge < -0.3 is 15.6 Å². The number of hydrogen-bond donors (Lipinski definition) is 2. The van der Waals surface area contributed by atoms with Crippen LogP contribution in [-0.4, -0.2) is 23.7 Å². The zero-order valence-electron chi connectivity index (χ0n) is 8.84. The summed E-state index contributed by atoms with van der Waals surface area (Å²) >= 11 is 0. The predicted octanol–water partition coefficient (Wildman–Crippen LogP) is 0.948. The fourth-order valence-corrected chi connectivity index (χ4v) is 1.20. The van der Waals surface area contributed by atoms with Crippen LogP contribution in [0.25, 0.3) is 0 Å². The van der Waals surface area contributed by atoms with E-state index in [4.69, 9.17) is 15.6 Å². The molecule has 1 unspecified atom stereocenters. The zero-order valence-corrected chi connectivity index (χ0v) is 8.84. The second-order valence-corrected chi connectivity index (χ2v) is 3.16. The van der Waals surface area contributed by atoms with E-state index in [0.717, 1.165) is 0 Å². The molecule has 1 atom stereocenters. The molecule has 0 aliphatic rings. The molecule has 0 fully saturated rings. The van der Waals surface area contributed by atoms with Crippen LogP contribution in [0.4, 0.5) is 0 Å². The van der Waals surface area contributed by atoms with Crippen molar-refractivity contribution in [2.45, 2.75) is 13.0 Å². The van der Waals surface area contributed by atoms with E-state index in [9.17, 15) is 9.59 Å². The van der Waals surface area contributed by atoms with Crippen LogP contribution < -0.4 is 5.73 Å². The number of nitrogens with two attached hydrogens (primary N) is 1. The Morgan fingerprint density at radius 1 is 1.38 bits per heavy atom. The van der Waals surface area contributed by atoms with Crippen LogP contribution in [0.2, 0.25) is 0 Å². The summed E-state index contributed by atoms with van der Waals surface area (Å²) in [5.41, 5.74) is 6.31. The maximum absolute atomic E-state index is 11.3. The molecule has 0 bridgehead atoms. The molecular formula is C11H13NO4. The van der Waals surface area contributed by atoms with Gasteiger partial charge in [0.2, 0.25) is 0 Å². The fourth-order valence-electron chi connectivity index (χ4n) is 1.20. The minimum Gasteiger partial charge on any atom is -0.478 e. The maximum atomic E-state index is 11.3. The van der Waals surface area contributed by atoms with Gasteiger partial charge in [-0.25, -0.2) is 9.59 Å². The van der Waals surface area contributed by atoms with Gasteiger partial charge in [-0.15, -0.1) is 0 Å². The van der Waals surface area contributed by atoms with Crippen molar-refractivity contribution in [1.29, 1.82) is 0 Å². The molecule has 0 spiro atoms. The number of carbonyl (C=O) groups excluding carboxylic acids is 1. The Balaban J connectivity index is 2.81. The van der Waals surface area contributed by atoms with Crippen LogP contribution in [0.5, 0.6) is 0 Å². The van der Waals surface area contributed by atoms with Gasteiger partial charge in [0, 0.05) is 0 Å². The lowest BCUT2D eigenvalue weighted by Crippen LogP contribution is -2.23. The third-order valence-corrected chi connectivity index (χ3v) is 2.06. The van der Waals surface area contributed by atoms with Crippen LogP contribution in [0.15, 0.2) is 24.3 Å². The van der Waals surface area contributed by atoms with Gasteiger partial charge >= 0.3 is 11.9 Å². The average molecular weight is 223 g/mol. The topological polar surface area (TPSA) is 89.6 Å². The molecule has 3 N–H and O–H groups in total. The molecule has 5 nitrogen and oxygen atoms in total. The first-order valence-electron chi connectivity index (χ1n) is 4.81. The molecular weight excluding hydrogens is 210 g/mol. The highest BCUT2D eigenvalue weighted by molar-refractivity contribution is 5.87. The zero-order chi connectivity index (χ0) is 12.1. The first-order chi connectivity index (χ1) is 7.56. The van der Waals surface area contributed by atoms with Crippen molar-refractivity contribution in [2.75, 3.05) is 6.61 Å². The summed E-state index contributed by atoms with van der Waals surface area (Å²) in [7, 11) is 0. The lowest BCUT2D eigenvalue weighted by Gasteiger charge is -2.10. The van der Waals surface area contributed by atoms with Crippen LogP contribution in [-0.2, 0) is 9.53 Å². The predicted molar refractivity (Wildman–Crippen MR) is 57.0 cm³/mol. The highest BCUT2D eigenvalue weighted by Gasteiger charge is 2.16. The van der Waals surface area contributed by atoms with Crippen LogP contribution in [0.1, 0.15) is 28.9 Å². The number of carboxylic acid groups (broad SMARTS) is 1. The number of carbonyl (C=O) groups is 2.